The van der Waals surface area contributed by atoms with Crippen LogP contribution in [-0.4, -0.2) is 41.2 Å². The molecule has 0 saturated carbocycles. The van der Waals surface area contributed by atoms with Crippen LogP contribution in [0.5, 0.6) is 5.75 Å². The number of benzene rings is 2. The number of nitrogens with zero attached hydrogens (tertiary/aromatic N) is 3. The molecule has 3 aromatic rings. The molecular weight excluding hydrogens is 366 g/mol. The number of hydrogen-bond donors (Lipinski definition) is 0. The summed E-state index contributed by atoms with van der Waals surface area (Å²) in [5.41, 5.74) is 4.37. The summed E-state index contributed by atoms with van der Waals surface area (Å²) in [5.74, 6) is 1.79. The third-order valence-corrected chi connectivity index (χ3v) is 4.63. The molecule has 0 N–H and O–H groups in total. The van der Waals surface area contributed by atoms with Crippen LogP contribution in [0.4, 0.5) is 0 Å². The Balaban J connectivity index is 1.44. The van der Waals surface area contributed by atoms with E-state index in [4.69, 9.17) is 9.15 Å². The maximum absolute atomic E-state index is 12.4. The fourth-order valence-corrected chi connectivity index (χ4v) is 3.01. The summed E-state index contributed by atoms with van der Waals surface area (Å²) in [5, 5.41) is 8.13. The molecule has 3 rings (SSSR count). The van der Waals surface area contributed by atoms with E-state index >= 15 is 0 Å². The van der Waals surface area contributed by atoms with Gasteiger partial charge in [0.25, 0.3) is 0 Å². The van der Waals surface area contributed by atoms with Crippen molar-refractivity contribution in [3.05, 3.63) is 65.0 Å². The molecule has 0 fully saturated rings. The van der Waals surface area contributed by atoms with Crippen molar-refractivity contribution in [1.29, 1.82) is 0 Å². The highest BCUT2D eigenvalue weighted by Crippen LogP contribution is 2.19. The molecule has 6 heteroatoms. The third-order valence-electron chi connectivity index (χ3n) is 4.63. The molecular formula is C23H27N3O3. The molecule has 0 aliphatic carbocycles. The van der Waals surface area contributed by atoms with Gasteiger partial charge in [0.1, 0.15) is 12.4 Å². The van der Waals surface area contributed by atoms with Gasteiger partial charge in [-0.2, -0.15) is 0 Å². The number of aryl methyl sites for hydroxylation is 4. The quantitative estimate of drug-likeness (QED) is 0.575. The van der Waals surface area contributed by atoms with E-state index in [-0.39, 0.29) is 5.91 Å². The molecule has 0 atom stereocenters. The van der Waals surface area contributed by atoms with Crippen molar-refractivity contribution in [2.45, 2.75) is 33.6 Å². The second-order valence-electron chi connectivity index (χ2n) is 7.35. The molecule has 0 unspecified atom stereocenters. The van der Waals surface area contributed by atoms with Gasteiger partial charge in [-0.3, -0.25) is 4.79 Å². The lowest BCUT2D eigenvalue weighted by molar-refractivity contribution is -0.130. The van der Waals surface area contributed by atoms with Gasteiger partial charge < -0.3 is 14.1 Å². The van der Waals surface area contributed by atoms with Gasteiger partial charge in [-0.15, -0.1) is 10.2 Å². The zero-order valence-electron chi connectivity index (χ0n) is 17.4. The second-order valence-corrected chi connectivity index (χ2v) is 7.35. The van der Waals surface area contributed by atoms with Gasteiger partial charge in [-0.25, -0.2) is 0 Å². The minimum atomic E-state index is 0.0177. The largest absolute Gasteiger partial charge is 0.492 e. The highest BCUT2D eigenvalue weighted by molar-refractivity contribution is 5.76. The molecule has 1 aromatic heterocycles. The summed E-state index contributed by atoms with van der Waals surface area (Å²) in [6.07, 6.45) is 0.732. The number of amides is 1. The molecule has 0 saturated heterocycles. The fraction of sp³-hybridized carbons (Fsp3) is 0.348. The van der Waals surface area contributed by atoms with Crippen LogP contribution in [0.15, 0.2) is 46.9 Å². The Morgan fingerprint density at radius 3 is 2.38 bits per heavy atom. The molecule has 0 spiro atoms. The summed E-state index contributed by atoms with van der Waals surface area (Å²) in [6.45, 7) is 7.07. The number of carbonyl (C=O) groups excluding carboxylic acids is 1. The Bertz CT molecular complexity index is 944. The molecule has 1 heterocycles. The van der Waals surface area contributed by atoms with Crippen molar-refractivity contribution in [3.8, 4) is 17.2 Å². The van der Waals surface area contributed by atoms with Crippen molar-refractivity contribution in [3.63, 3.8) is 0 Å². The standard InChI is InChI=1S/C23H27N3O3/c1-16-5-7-19(8-6-16)23-25-24-21(29-23)9-10-22(27)26(4)11-12-28-20-14-17(2)13-18(3)15-20/h5-8,13-15H,9-12H2,1-4H3. The lowest BCUT2D eigenvalue weighted by atomic mass is 10.1. The van der Waals surface area contributed by atoms with Crippen LogP contribution in [0, 0.1) is 20.8 Å². The molecule has 152 valence electrons. The Morgan fingerprint density at radius 1 is 1.00 bits per heavy atom. The molecule has 29 heavy (non-hydrogen) atoms. The van der Waals surface area contributed by atoms with Gasteiger partial charge in [-0.1, -0.05) is 23.8 Å². The summed E-state index contributed by atoms with van der Waals surface area (Å²) < 4.78 is 11.5. The SMILES string of the molecule is Cc1ccc(-c2nnc(CCC(=O)N(C)CCOc3cc(C)cc(C)c3)o2)cc1. The predicted octanol–water partition coefficient (Wildman–Crippen LogP) is 4.13. The van der Waals surface area contributed by atoms with E-state index in [2.05, 4.69) is 16.3 Å². The Labute approximate surface area is 171 Å². The van der Waals surface area contributed by atoms with Gasteiger partial charge in [-0.05, 0) is 56.2 Å². The molecule has 1 amide bonds. The number of carbonyl (C=O) groups is 1. The van der Waals surface area contributed by atoms with E-state index in [1.165, 1.54) is 5.56 Å². The zero-order chi connectivity index (χ0) is 20.8. The monoisotopic (exact) mass is 393 g/mol. The van der Waals surface area contributed by atoms with Gasteiger partial charge in [0, 0.05) is 25.5 Å². The van der Waals surface area contributed by atoms with Gasteiger partial charge in [0.15, 0.2) is 0 Å². The first kappa shape index (κ1) is 20.6. The number of rotatable bonds is 8. The van der Waals surface area contributed by atoms with Crippen LogP contribution in [0.25, 0.3) is 11.5 Å². The first-order chi connectivity index (χ1) is 13.9. The van der Waals surface area contributed by atoms with Gasteiger partial charge >= 0.3 is 0 Å². The van der Waals surface area contributed by atoms with Crippen LogP contribution in [0.1, 0.15) is 29.0 Å². The lowest BCUT2D eigenvalue weighted by Crippen LogP contribution is -2.31. The minimum absolute atomic E-state index is 0.0177. The molecule has 0 aliphatic rings. The smallest absolute Gasteiger partial charge is 0.247 e. The van der Waals surface area contributed by atoms with E-state index < -0.39 is 0 Å². The van der Waals surface area contributed by atoms with Crippen molar-refractivity contribution >= 4 is 5.91 Å². The van der Waals surface area contributed by atoms with Crippen LogP contribution >= 0.6 is 0 Å². The first-order valence-corrected chi connectivity index (χ1v) is 9.75. The van der Waals surface area contributed by atoms with Crippen LogP contribution in [0.2, 0.25) is 0 Å². The minimum Gasteiger partial charge on any atom is -0.492 e. The third kappa shape index (κ3) is 5.91. The molecule has 2 aromatic carbocycles. The first-order valence-electron chi connectivity index (χ1n) is 9.75. The van der Waals surface area contributed by atoms with E-state index in [9.17, 15) is 4.79 Å². The number of aromatic nitrogens is 2. The van der Waals surface area contributed by atoms with E-state index in [1.54, 1.807) is 11.9 Å². The normalized spacial score (nSPS) is 10.8. The molecule has 0 radical (unpaired) electrons. The van der Waals surface area contributed by atoms with Crippen molar-refractivity contribution in [2.75, 3.05) is 20.2 Å². The Morgan fingerprint density at radius 2 is 1.69 bits per heavy atom. The number of hydrogen-bond acceptors (Lipinski definition) is 5. The topological polar surface area (TPSA) is 68.5 Å². The van der Waals surface area contributed by atoms with Crippen LogP contribution in [-0.2, 0) is 11.2 Å². The molecule has 0 bridgehead atoms. The van der Waals surface area contributed by atoms with E-state index in [1.807, 2.05) is 57.2 Å². The lowest BCUT2D eigenvalue weighted by Gasteiger charge is -2.17. The van der Waals surface area contributed by atoms with E-state index in [0.717, 1.165) is 22.4 Å². The summed E-state index contributed by atoms with van der Waals surface area (Å²) >= 11 is 0. The zero-order valence-corrected chi connectivity index (χ0v) is 17.4. The fourth-order valence-electron chi connectivity index (χ4n) is 3.01. The number of likely N-dealkylation sites (N-methyl/N-ethyl adjacent to an activating group) is 1. The highest BCUT2D eigenvalue weighted by atomic mass is 16.5. The maximum Gasteiger partial charge on any atom is 0.247 e. The van der Waals surface area contributed by atoms with Crippen molar-refractivity contribution in [1.82, 2.24) is 15.1 Å². The molecule has 0 aliphatic heterocycles. The Hall–Kier alpha value is -3.15. The maximum atomic E-state index is 12.4. The van der Waals surface area contributed by atoms with Gasteiger partial charge in [0.2, 0.25) is 17.7 Å². The van der Waals surface area contributed by atoms with Crippen LogP contribution in [0.3, 0.4) is 0 Å². The van der Waals surface area contributed by atoms with Crippen LogP contribution < -0.4 is 4.74 Å². The van der Waals surface area contributed by atoms with E-state index in [0.29, 0.717) is 37.8 Å². The average molecular weight is 393 g/mol. The van der Waals surface area contributed by atoms with Gasteiger partial charge in [0.05, 0.1) is 6.54 Å². The summed E-state index contributed by atoms with van der Waals surface area (Å²) in [4.78, 5) is 14.0. The number of ether oxygens (including phenoxy) is 1. The average Bonchev–Trinajstić information content (AvgIpc) is 3.15. The van der Waals surface area contributed by atoms with Crippen molar-refractivity contribution in [2.24, 2.45) is 0 Å². The second kappa shape index (κ2) is 9.37. The molecule has 6 nitrogen and oxygen atoms in total. The summed E-state index contributed by atoms with van der Waals surface area (Å²) in [7, 11) is 1.78. The summed E-state index contributed by atoms with van der Waals surface area (Å²) in [6, 6.07) is 14.0. The highest BCUT2D eigenvalue weighted by Gasteiger charge is 2.13. The predicted molar refractivity (Wildman–Crippen MR) is 112 cm³/mol. The van der Waals surface area contributed by atoms with Crippen molar-refractivity contribution < 1.29 is 13.9 Å². The Kier molecular flexibility index (Phi) is 6.65.